The van der Waals surface area contributed by atoms with Gasteiger partial charge in [0.1, 0.15) is 5.82 Å². The third-order valence-electron chi connectivity index (χ3n) is 4.19. The molecule has 2 aromatic rings. The molecule has 3 rings (SSSR count). The number of hydrogen-bond acceptors (Lipinski definition) is 2. The molecule has 1 aliphatic rings. The third kappa shape index (κ3) is 3.94. The van der Waals surface area contributed by atoms with E-state index in [-0.39, 0.29) is 23.7 Å². The predicted molar refractivity (Wildman–Crippen MR) is 91.9 cm³/mol. The molecule has 1 aliphatic carbocycles. The normalized spacial score (nSPS) is 17.6. The van der Waals surface area contributed by atoms with Gasteiger partial charge in [0.25, 0.3) is 0 Å². The topological polar surface area (TPSA) is 29.1 Å². The first kappa shape index (κ1) is 16.1. The Kier molecular flexibility index (Phi) is 5.01. The lowest BCUT2D eigenvalue weighted by molar-refractivity contribution is -0.124. The molecular weight excluding hydrogens is 309 g/mol. The molecule has 0 radical (unpaired) electrons. The molecule has 23 heavy (non-hydrogen) atoms. The molecule has 2 atom stereocenters. The fourth-order valence-electron chi connectivity index (χ4n) is 2.85. The molecule has 0 saturated carbocycles. The first-order chi connectivity index (χ1) is 11.1. The summed E-state index contributed by atoms with van der Waals surface area (Å²) in [5.74, 6) is 0.449. The van der Waals surface area contributed by atoms with Crippen molar-refractivity contribution in [1.29, 1.82) is 0 Å². The molecular formula is C19H20FNOS. The highest BCUT2D eigenvalue weighted by molar-refractivity contribution is 7.99. The molecule has 0 saturated heterocycles. The minimum absolute atomic E-state index is 0.0375. The highest BCUT2D eigenvalue weighted by atomic mass is 32.2. The summed E-state index contributed by atoms with van der Waals surface area (Å²) in [4.78, 5) is 13.6. The molecule has 0 aromatic heterocycles. The van der Waals surface area contributed by atoms with Gasteiger partial charge in [-0.1, -0.05) is 31.2 Å². The molecule has 2 nitrogen and oxygen atoms in total. The van der Waals surface area contributed by atoms with Gasteiger partial charge >= 0.3 is 0 Å². The van der Waals surface area contributed by atoms with E-state index in [9.17, 15) is 9.18 Å². The fourth-order valence-corrected chi connectivity index (χ4v) is 3.79. The molecule has 2 aromatic carbocycles. The second kappa shape index (κ2) is 7.18. The summed E-state index contributed by atoms with van der Waals surface area (Å²) in [5, 5.41) is 3.08. The Balaban J connectivity index is 1.56. The van der Waals surface area contributed by atoms with Gasteiger partial charge in [0.15, 0.2) is 0 Å². The molecule has 120 valence electrons. The molecule has 1 amide bonds. The van der Waals surface area contributed by atoms with Crippen molar-refractivity contribution in [3.63, 3.8) is 0 Å². The zero-order chi connectivity index (χ0) is 16.2. The van der Waals surface area contributed by atoms with Crippen LogP contribution in [0.5, 0.6) is 0 Å². The van der Waals surface area contributed by atoms with Crippen LogP contribution >= 0.6 is 11.8 Å². The first-order valence-corrected chi connectivity index (χ1v) is 8.88. The minimum Gasteiger partial charge on any atom is -0.349 e. The largest absolute Gasteiger partial charge is 0.349 e. The number of benzene rings is 2. The van der Waals surface area contributed by atoms with Crippen LogP contribution in [0.15, 0.2) is 53.4 Å². The molecule has 0 spiro atoms. The van der Waals surface area contributed by atoms with E-state index in [4.69, 9.17) is 0 Å². The number of aryl methyl sites for hydroxylation is 1. The van der Waals surface area contributed by atoms with E-state index in [0.717, 1.165) is 29.7 Å². The SMILES string of the molecule is CC(CSc1ccccc1)C(=O)NC1CCc2ccc(F)cc21. The summed E-state index contributed by atoms with van der Waals surface area (Å²) in [6.45, 7) is 1.94. The molecule has 0 heterocycles. The molecule has 0 bridgehead atoms. The number of hydrogen-bond donors (Lipinski definition) is 1. The maximum Gasteiger partial charge on any atom is 0.224 e. The zero-order valence-corrected chi connectivity index (χ0v) is 13.9. The highest BCUT2D eigenvalue weighted by Gasteiger charge is 2.26. The van der Waals surface area contributed by atoms with E-state index in [1.807, 2.05) is 43.3 Å². The van der Waals surface area contributed by atoms with Gasteiger partial charge in [0.05, 0.1) is 6.04 Å². The van der Waals surface area contributed by atoms with Crippen LogP contribution in [0.4, 0.5) is 4.39 Å². The number of halogens is 1. The molecule has 0 fully saturated rings. The predicted octanol–water partition coefficient (Wildman–Crippen LogP) is 4.36. The van der Waals surface area contributed by atoms with Crippen LogP contribution in [-0.2, 0) is 11.2 Å². The summed E-state index contributed by atoms with van der Waals surface area (Å²) in [7, 11) is 0. The third-order valence-corrected chi connectivity index (χ3v) is 5.47. The van der Waals surface area contributed by atoms with Crippen molar-refractivity contribution in [3.05, 3.63) is 65.5 Å². The Morgan fingerprint density at radius 2 is 2.09 bits per heavy atom. The number of thioether (sulfide) groups is 1. The number of carbonyl (C=O) groups is 1. The van der Waals surface area contributed by atoms with Crippen LogP contribution in [0, 0.1) is 11.7 Å². The van der Waals surface area contributed by atoms with Gasteiger partial charge < -0.3 is 5.32 Å². The van der Waals surface area contributed by atoms with Gasteiger partial charge in [-0.3, -0.25) is 4.79 Å². The monoisotopic (exact) mass is 329 g/mol. The summed E-state index contributed by atoms with van der Waals surface area (Å²) in [6.07, 6.45) is 1.75. The van der Waals surface area contributed by atoms with Crippen molar-refractivity contribution in [1.82, 2.24) is 5.32 Å². The number of rotatable bonds is 5. The van der Waals surface area contributed by atoms with E-state index < -0.39 is 0 Å². The standard InChI is InChI=1S/C19H20FNOS/c1-13(12-23-16-5-3-2-4-6-16)19(22)21-18-10-8-14-7-9-15(20)11-17(14)18/h2-7,9,11,13,18H,8,10,12H2,1H3,(H,21,22). The van der Waals surface area contributed by atoms with Crippen molar-refractivity contribution in [2.45, 2.75) is 30.7 Å². The Hall–Kier alpha value is -1.81. The van der Waals surface area contributed by atoms with Crippen molar-refractivity contribution < 1.29 is 9.18 Å². The Morgan fingerprint density at radius 3 is 2.87 bits per heavy atom. The van der Waals surface area contributed by atoms with Gasteiger partial charge in [0.2, 0.25) is 5.91 Å². The summed E-state index contributed by atoms with van der Waals surface area (Å²) >= 11 is 1.68. The molecule has 0 aliphatic heterocycles. The fraction of sp³-hybridized carbons (Fsp3) is 0.316. The van der Waals surface area contributed by atoms with E-state index in [1.54, 1.807) is 17.8 Å². The summed E-state index contributed by atoms with van der Waals surface area (Å²) in [6, 6.07) is 14.9. The van der Waals surface area contributed by atoms with Crippen LogP contribution in [0.3, 0.4) is 0 Å². The Labute approximate surface area is 140 Å². The van der Waals surface area contributed by atoms with E-state index in [0.29, 0.717) is 0 Å². The first-order valence-electron chi connectivity index (χ1n) is 7.90. The number of fused-ring (bicyclic) bond motifs is 1. The Bertz CT molecular complexity index is 689. The summed E-state index contributed by atoms with van der Waals surface area (Å²) < 4.78 is 13.4. The van der Waals surface area contributed by atoms with E-state index in [2.05, 4.69) is 5.32 Å². The van der Waals surface area contributed by atoms with Crippen molar-refractivity contribution in [2.24, 2.45) is 5.92 Å². The second-order valence-electron chi connectivity index (χ2n) is 5.97. The van der Waals surface area contributed by atoms with Crippen LogP contribution in [0.1, 0.15) is 30.5 Å². The second-order valence-corrected chi connectivity index (χ2v) is 7.06. The smallest absolute Gasteiger partial charge is 0.224 e. The quantitative estimate of drug-likeness (QED) is 0.826. The maximum atomic E-state index is 13.4. The zero-order valence-electron chi connectivity index (χ0n) is 13.1. The number of amides is 1. The van der Waals surface area contributed by atoms with Crippen LogP contribution in [0.25, 0.3) is 0 Å². The van der Waals surface area contributed by atoms with Gasteiger partial charge in [0, 0.05) is 16.6 Å². The molecule has 1 N–H and O–H groups in total. The van der Waals surface area contributed by atoms with Crippen molar-refractivity contribution in [2.75, 3.05) is 5.75 Å². The maximum absolute atomic E-state index is 13.4. The van der Waals surface area contributed by atoms with E-state index >= 15 is 0 Å². The van der Waals surface area contributed by atoms with Crippen LogP contribution in [-0.4, -0.2) is 11.7 Å². The van der Waals surface area contributed by atoms with Crippen LogP contribution in [0.2, 0.25) is 0 Å². The lowest BCUT2D eigenvalue weighted by Crippen LogP contribution is -2.33. The number of nitrogens with one attached hydrogen (secondary N) is 1. The average molecular weight is 329 g/mol. The average Bonchev–Trinajstić information content (AvgIpc) is 2.95. The van der Waals surface area contributed by atoms with E-state index in [1.165, 1.54) is 11.0 Å². The molecule has 2 unspecified atom stereocenters. The lowest BCUT2D eigenvalue weighted by atomic mass is 10.1. The van der Waals surface area contributed by atoms with Gasteiger partial charge in [-0.05, 0) is 48.2 Å². The minimum atomic E-state index is -0.238. The van der Waals surface area contributed by atoms with Gasteiger partial charge in [-0.25, -0.2) is 4.39 Å². The number of carbonyl (C=O) groups excluding carboxylic acids is 1. The Morgan fingerprint density at radius 1 is 1.30 bits per heavy atom. The van der Waals surface area contributed by atoms with Crippen molar-refractivity contribution in [3.8, 4) is 0 Å². The molecule has 4 heteroatoms. The highest BCUT2D eigenvalue weighted by Crippen LogP contribution is 2.32. The summed E-state index contributed by atoms with van der Waals surface area (Å²) in [5.41, 5.74) is 2.07. The lowest BCUT2D eigenvalue weighted by Gasteiger charge is -2.18. The van der Waals surface area contributed by atoms with Crippen LogP contribution < -0.4 is 5.32 Å². The van der Waals surface area contributed by atoms with Crippen molar-refractivity contribution >= 4 is 17.7 Å². The van der Waals surface area contributed by atoms with Gasteiger partial charge in [-0.15, -0.1) is 11.8 Å². The van der Waals surface area contributed by atoms with Gasteiger partial charge in [-0.2, -0.15) is 0 Å².